The molecule has 0 aliphatic heterocycles. The summed E-state index contributed by atoms with van der Waals surface area (Å²) in [5.41, 5.74) is 3.13. The minimum atomic E-state index is -4.38. The first-order valence-electron chi connectivity index (χ1n) is 15.8. The van der Waals surface area contributed by atoms with Gasteiger partial charge in [0.1, 0.15) is 12.6 Å². The molecule has 260 valence electrons. The highest BCUT2D eigenvalue weighted by Crippen LogP contribution is 2.33. The number of benzene rings is 4. The van der Waals surface area contributed by atoms with E-state index in [2.05, 4.69) is 5.32 Å². The number of nitrogens with zero attached hydrogens (tertiary/aromatic N) is 2. The van der Waals surface area contributed by atoms with Crippen LogP contribution in [0.15, 0.2) is 89.8 Å². The Morgan fingerprint density at radius 2 is 1.47 bits per heavy atom. The Balaban J connectivity index is 1.88. The summed E-state index contributed by atoms with van der Waals surface area (Å²) in [4.78, 5) is 29.9. The van der Waals surface area contributed by atoms with Crippen molar-refractivity contribution in [2.45, 2.75) is 51.1 Å². The molecule has 0 bridgehead atoms. The molecule has 12 heteroatoms. The standard InChI is InChI=1S/C37H41Cl2N3O6S/c1-6-17-40-37(44)33(21-27-11-8-7-9-12-27)41(23-30-31(38)13-10-14-32(30)39)36(43)24-42(28-19-25(2)18-26(3)20-28)49(45,46)29-15-16-34(47-4)35(22-29)48-5/h7-16,18-20,22,33H,6,17,21,23-24H2,1-5H3,(H,40,44)/t33-/m1/s1. The second kappa shape index (κ2) is 16.9. The van der Waals surface area contributed by atoms with Crippen LogP contribution in [0.25, 0.3) is 0 Å². The third-order valence-corrected chi connectivity index (χ3v) is 10.4. The normalized spacial score (nSPS) is 11.8. The summed E-state index contributed by atoms with van der Waals surface area (Å²) in [5.74, 6) is -0.462. The van der Waals surface area contributed by atoms with Crippen molar-refractivity contribution in [3.8, 4) is 11.5 Å². The van der Waals surface area contributed by atoms with E-state index in [4.69, 9.17) is 32.7 Å². The van der Waals surface area contributed by atoms with Crippen molar-refractivity contribution in [1.82, 2.24) is 10.2 Å². The number of amides is 2. The lowest BCUT2D eigenvalue weighted by Gasteiger charge is -2.34. The molecule has 0 unspecified atom stereocenters. The molecule has 4 aromatic carbocycles. The van der Waals surface area contributed by atoms with Crippen LogP contribution in [0.1, 0.15) is 35.6 Å². The largest absolute Gasteiger partial charge is 0.493 e. The van der Waals surface area contributed by atoms with Crippen LogP contribution in [0, 0.1) is 13.8 Å². The van der Waals surface area contributed by atoms with Crippen molar-refractivity contribution in [3.63, 3.8) is 0 Å². The number of carbonyl (C=O) groups excluding carboxylic acids is 2. The summed E-state index contributed by atoms with van der Waals surface area (Å²) in [6.07, 6.45) is 0.842. The van der Waals surface area contributed by atoms with Crippen molar-refractivity contribution in [2.75, 3.05) is 31.6 Å². The van der Waals surface area contributed by atoms with Crippen LogP contribution in [0.4, 0.5) is 5.69 Å². The van der Waals surface area contributed by atoms with Gasteiger partial charge in [0.15, 0.2) is 11.5 Å². The smallest absolute Gasteiger partial charge is 0.264 e. The topological polar surface area (TPSA) is 105 Å². The monoisotopic (exact) mass is 725 g/mol. The van der Waals surface area contributed by atoms with E-state index in [1.807, 2.05) is 57.2 Å². The fraction of sp³-hybridized carbons (Fsp3) is 0.297. The van der Waals surface area contributed by atoms with Crippen molar-refractivity contribution >= 4 is 50.7 Å². The zero-order chi connectivity index (χ0) is 35.7. The zero-order valence-corrected chi connectivity index (χ0v) is 30.5. The Morgan fingerprint density at radius 3 is 2.06 bits per heavy atom. The summed E-state index contributed by atoms with van der Waals surface area (Å²) >= 11 is 13.2. The summed E-state index contributed by atoms with van der Waals surface area (Å²) in [6, 6.07) is 22.8. The number of ether oxygens (including phenoxy) is 2. The Labute approximate surface area is 298 Å². The third kappa shape index (κ3) is 9.26. The average molecular weight is 727 g/mol. The molecule has 1 atom stereocenters. The molecule has 4 rings (SSSR count). The van der Waals surface area contributed by atoms with Crippen LogP contribution in [0.2, 0.25) is 10.0 Å². The van der Waals surface area contributed by atoms with Crippen LogP contribution < -0.4 is 19.1 Å². The molecule has 49 heavy (non-hydrogen) atoms. The first kappa shape index (κ1) is 37.6. The van der Waals surface area contributed by atoms with Gasteiger partial charge in [0.25, 0.3) is 10.0 Å². The van der Waals surface area contributed by atoms with E-state index in [9.17, 15) is 18.0 Å². The molecule has 2 amide bonds. The number of sulfonamides is 1. The van der Waals surface area contributed by atoms with Gasteiger partial charge in [-0.2, -0.15) is 0 Å². The van der Waals surface area contributed by atoms with Crippen LogP contribution in [-0.4, -0.2) is 58.5 Å². The predicted octanol–water partition coefficient (Wildman–Crippen LogP) is 6.99. The van der Waals surface area contributed by atoms with Gasteiger partial charge in [-0.05, 0) is 73.4 Å². The molecule has 9 nitrogen and oxygen atoms in total. The number of carbonyl (C=O) groups is 2. The van der Waals surface area contributed by atoms with Crippen molar-refractivity contribution in [2.24, 2.45) is 0 Å². The third-order valence-electron chi connectivity index (χ3n) is 7.93. The molecule has 0 fully saturated rings. The predicted molar refractivity (Wildman–Crippen MR) is 194 cm³/mol. The van der Waals surface area contributed by atoms with Crippen molar-refractivity contribution in [3.05, 3.63) is 117 Å². The second-order valence-electron chi connectivity index (χ2n) is 11.6. The van der Waals surface area contributed by atoms with Gasteiger partial charge in [-0.1, -0.05) is 72.6 Å². The van der Waals surface area contributed by atoms with Crippen LogP contribution in [0.5, 0.6) is 11.5 Å². The summed E-state index contributed by atoms with van der Waals surface area (Å²) in [5, 5.41) is 3.54. The molecule has 0 saturated carbocycles. The molecule has 0 heterocycles. The molecular formula is C37H41Cl2N3O6S. The highest BCUT2D eigenvalue weighted by atomic mass is 35.5. The molecule has 4 aromatic rings. The minimum Gasteiger partial charge on any atom is -0.493 e. The molecule has 1 N–H and O–H groups in total. The molecule has 0 aliphatic carbocycles. The van der Waals surface area contributed by atoms with Gasteiger partial charge < -0.3 is 19.7 Å². The number of hydrogen-bond acceptors (Lipinski definition) is 6. The van der Waals surface area contributed by atoms with Crippen LogP contribution >= 0.6 is 23.2 Å². The molecule has 0 spiro atoms. The first-order valence-corrected chi connectivity index (χ1v) is 18.0. The fourth-order valence-electron chi connectivity index (χ4n) is 5.50. The SMILES string of the molecule is CCCNC(=O)[C@@H](Cc1ccccc1)N(Cc1c(Cl)cccc1Cl)C(=O)CN(c1cc(C)cc(C)c1)S(=O)(=O)c1ccc(OC)c(OC)c1. The fourth-order valence-corrected chi connectivity index (χ4v) is 7.43. The molecule has 0 aliphatic rings. The van der Waals surface area contributed by atoms with Crippen molar-refractivity contribution in [1.29, 1.82) is 0 Å². The number of nitrogens with one attached hydrogen (secondary N) is 1. The molecule has 0 aromatic heterocycles. The lowest BCUT2D eigenvalue weighted by molar-refractivity contribution is -0.140. The molecular weight excluding hydrogens is 685 g/mol. The zero-order valence-electron chi connectivity index (χ0n) is 28.2. The van der Waals surface area contributed by atoms with E-state index in [-0.39, 0.29) is 35.2 Å². The van der Waals surface area contributed by atoms with E-state index < -0.39 is 28.5 Å². The van der Waals surface area contributed by atoms with Gasteiger partial charge in [-0.3, -0.25) is 13.9 Å². The lowest BCUT2D eigenvalue weighted by Crippen LogP contribution is -2.53. The van der Waals surface area contributed by atoms with Crippen molar-refractivity contribution < 1.29 is 27.5 Å². The highest BCUT2D eigenvalue weighted by molar-refractivity contribution is 7.92. The number of halogens is 2. The summed E-state index contributed by atoms with van der Waals surface area (Å²) in [6.45, 7) is 5.24. The number of hydrogen-bond donors (Lipinski definition) is 1. The van der Waals surface area contributed by atoms with Gasteiger partial charge >= 0.3 is 0 Å². The van der Waals surface area contributed by atoms with Gasteiger partial charge in [0, 0.05) is 41.2 Å². The van der Waals surface area contributed by atoms with E-state index in [0.29, 0.717) is 34.3 Å². The second-order valence-corrected chi connectivity index (χ2v) is 14.3. The molecule has 0 radical (unpaired) electrons. The van der Waals surface area contributed by atoms with Gasteiger partial charge in [0.05, 0.1) is 24.8 Å². The number of methoxy groups -OCH3 is 2. The van der Waals surface area contributed by atoms with Gasteiger partial charge in [-0.15, -0.1) is 0 Å². The Morgan fingerprint density at radius 1 is 0.837 bits per heavy atom. The Hall–Kier alpha value is -4.25. The Bertz CT molecular complexity index is 1850. The highest BCUT2D eigenvalue weighted by Gasteiger charge is 2.35. The van der Waals surface area contributed by atoms with Crippen LogP contribution in [-0.2, 0) is 32.6 Å². The maximum atomic E-state index is 14.7. The van der Waals surface area contributed by atoms with E-state index in [1.54, 1.807) is 30.3 Å². The average Bonchev–Trinajstić information content (AvgIpc) is 3.08. The lowest BCUT2D eigenvalue weighted by atomic mass is 10.0. The van der Waals surface area contributed by atoms with Crippen LogP contribution in [0.3, 0.4) is 0 Å². The Kier molecular flexibility index (Phi) is 13.0. The minimum absolute atomic E-state index is 0.112. The van der Waals surface area contributed by atoms with E-state index in [1.165, 1.54) is 37.3 Å². The number of rotatable bonds is 15. The number of aryl methyl sites for hydroxylation is 2. The van der Waals surface area contributed by atoms with E-state index in [0.717, 1.165) is 21.0 Å². The summed E-state index contributed by atoms with van der Waals surface area (Å²) in [7, 11) is -1.52. The molecule has 0 saturated heterocycles. The maximum absolute atomic E-state index is 14.7. The first-order chi connectivity index (χ1) is 23.4. The van der Waals surface area contributed by atoms with Gasteiger partial charge in [0.2, 0.25) is 11.8 Å². The number of anilines is 1. The summed E-state index contributed by atoms with van der Waals surface area (Å²) < 4.78 is 40.8. The quantitative estimate of drug-likeness (QED) is 0.142. The van der Waals surface area contributed by atoms with E-state index >= 15 is 0 Å². The van der Waals surface area contributed by atoms with Gasteiger partial charge in [-0.25, -0.2) is 8.42 Å². The maximum Gasteiger partial charge on any atom is 0.264 e.